The van der Waals surface area contributed by atoms with E-state index in [2.05, 4.69) is 46.5 Å². The Morgan fingerprint density at radius 2 is 1.79 bits per heavy atom. The van der Waals surface area contributed by atoms with Gasteiger partial charge in [0.05, 0.1) is 18.8 Å². The van der Waals surface area contributed by atoms with Crippen LogP contribution in [0.4, 0.5) is 0 Å². The first-order chi connectivity index (χ1) is 13.9. The zero-order chi connectivity index (χ0) is 21.0. The molecule has 29 heavy (non-hydrogen) atoms. The molecule has 1 N–H and O–H groups in total. The number of hydrogen-bond acceptors (Lipinski definition) is 4. The Balaban J connectivity index is 1.72. The molecule has 6 heteroatoms. The van der Waals surface area contributed by atoms with E-state index in [-0.39, 0.29) is 11.9 Å². The van der Waals surface area contributed by atoms with Crippen molar-refractivity contribution in [2.75, 3.05) is 27.7 Å². The zero-order valence-electron chi connectivity index (χ0n) is 17.6. The Labute approximate surface area is 172 Å². The summed E-state index contributed by atoms with van der Waals surface area (Å²) in [6, 6.07) is 17.9. The van der Waals surface area contributed by atoms with Crippen LogP contribution in [-0.4, -0.2) is 48.3 Å². The maximum absolute atomic E-state index is 12.8. The number of rotatable bonds is 7. The maximum atomic E-state index is 12.8. The molecular formula is C23H28N4O2. The molecule has 152 valence electrons. The summed E-state index contributed by atoms with van der Waals surface area (Å²) < 4.78 is 6.81. The Morgan fingerprint density at radius 3 is 2.38 bits per heavy atom. The van der Waals surface area contributed by atoms with Gasteiger partial charge in [0, 0.05) is 19.2 Å². The second-order valence-electron chi connectivity index (χ2n) is 7.37. The van der Waals surface area contributed by atoms with Crippen LogP contribution in [0.2, 0.25) is 0 Å². The molecule has 0 aliphatic carbocycles. The topological polar surface area (TPSA) is 59.4 Å². The van der Waals surface area contributed by atoms with Crippen LogP contribution >= 0.6 is 0 Å². The van der Waals surface area contributed by atoms with Crippen LogP contribution in [-0.2, 0) is 7.05 Å². The summed E-state index contributed by atoms with van der Waals surface area (Å²) in [6.45, 7) is 2.58. The van der Waals surface area contributed by atoms with Gasteiger partial charge in [-0.3, -0.25) is 9.48 Å². The van der Waals surface area contributed by atoms with Gasteiger partial charge in [0.1, 0.15) is 11.4 Å². The third-order valence-corrected chi connectivity index (χ3v) is 5.04. The van der Waals surface area contributed by atoms with E-state index in [0.717, 1.165) is 17.0 Å². The minimum absolute atomic E-state index is 0.0915. The van der Waals surface area contributed by atoms with Crippen molar-refractivity contribution in [2.24, 2.45) is 7.05 Å². The Morgan fingerprint density at radius 1 is 1.14 bits per heavy atom. The van der Waals surface area contributed by atoms with Gasteiger partial charge in [0.25, 0.3) is 5.91 Å². The highest BCUT2D eigenvalue weighted by Gasteiger charge is 2.18. The first kappa shape index (κ1) is 20.6. The van der Waals surface area contributed by atoms with E-state index in [1.165, 1.54) is 11.1 Å². The highest BCUT2D eigenvalue weighted by Crippen LogP contribution is 2.22. The van der Waals surface area contributed by atoms with E-state index in [9.17, 15) is 4.79 Å². The van der Waals surface area contributed by atoms with Crippen molar-refractivity contribution < 1.29 is 9.53 Å². The van der Waals surface area contributed by atoms with Gasteiger partial charge in [-0.15, -0.1) is 0 Å². The zero-order valence-corrected chi connectivity index (χ0v) is 17.6. The first-order valence-corrected chi connectivity index (χ1v) is 9.58. The Kier molecular flexibility index (Phi) is 6.34. The van der Waals surface area contributed by atoms with Crippen molar-refractivity contribution >= 4 is 5.91 Å². The number of aromatic nitrogens is 2. The van der Waals surface area contributed by atoms with Crippen molar-refractivity contribution in [3.8, 4) is 17.0 Å². The molecule has 0 radical (unpaired) electrons. The van der Waals surface area contributed by atoms with Crippen LogP contribution in [0.3, 0.4) is 0 Å². The van der Waals surface area contributed by atoms with Gasteiger partial charge in [0.15, 0.2) is 0 Å². The number of nitrogens with zero attached hydrogens (tertiary/aromatic N) is 3. The third-order valence-electron chi connectivity index (χ3n) is 5.04. The number of ether oxygens (including phenoxy) is 1. The summed E-state index contributed by atoms with van der Waals surface area (Å²) in [6.07, 6.45) is 0. The number of amides is 1. The van der Waals surface area contributed by atoms with E-state index in [4.69, 9.17) is 4.74 Å². The molecule has 1 amide bonds. The summed E-state index contributed by atoms with van der Waals surface area (Å²) in [7, 11) is 7.45. The minimum atomic E-state index is -0.140. The largest absolute Gasteiger partial charge is 0.497 e. The van der Waals surface area contributed by atoms with Crippen LogP contribution in [0, 0.1) is 6.92 Å². The van der Waals surface area contributed by atoms with E-state index in [1.807, 2.05) is 44.4 Å². The number of hydrogen-bond donors (Lipinski definition) is 1. The van der Waals surface area contributed by atoms with Gasteiger partial charge in [-0.1, -0.05) is 29.8 Å². The number of methoxy groups -OCH3 is 1. The Bertz CT molecular complexity index is 960. The normalized spacial score (nSPS) is 12.1. The van der Waals surface area contributed by atoms with E-state index in [0.29, 0.717) is 12.2 Å². The van der Waals surface area contributed by atoms with Crippen molar-refractivity contribution in [1.29, 1.82) is 0 Å². The van der Waals surface area contributed by atoms with Gasteiger partial charge >= 0.3 is 0 Å². The Hall–Kier alpha value is -3.12. The van der Waals surface area contributed by atoms with Crippen molar-refractivity contribution in [2.45, 2.75) is 13.0 Å². The molecule has 3 aromatic rings. The monoisotopic (exact) mass is 392 g/mol. The average Bonchev–Trinajstić information content (AvgIpc) is 3.11. The summed E-state index contributed by atoms with van der Waals surface area (Å²) in [4.78, 5) is 14.9. The number of aryl methyl sites for hydroxylation is 2. The summed E-state index contributed by atoms with van der Waals surface area (Å²) >= 11 is 0. The van der Waals surface area contributed by atoms with Crippen LogP contribution in [0.15, 0.2) is 54.6 Å². The fraction of sp³-hybridized carbons (Fsp3) is 0.304. The lowest BCUT2D eigenvalue weighted by atomic mass is 10.0. The quantitative estimate of drug-likeness (QED) is 0.669. The van der Waals surface area contributed by atoms with Gasteiger partial charge < -0.3 is 15.0 Å². The van der Waals surface area contributed by atoms with E-state index in [1.54, 1.807) is 18.8 Å². The maximum Gasteiger partial charge on any atom is 0.269 e. The van der Waals surface area contributed by atoms with Gasteiger partial charge in [-0.2, -0.15) is 5.10 Å². The van der Waals surface area contributed by atoms with E-state index >= 15 is 0 Å². The van der Waals surface area contributed by atoms with Crippen LogP contribution in [0.5, 0.6) is 5.75 Å². The molecule has 1 heterocycles. The van der Waals surface area contributed by atoms with Crippen LogP contribution < -0.4 is 10.1 Å². The van der Waals surface area contributed by atoms with E-state index < -0.39 is 0 Å². The fourth-order valence-electron chi connectivity index (χ4n) is 3.25. The molecule has 1 unspecified atom stereocenters. The molecule has 0 saturated carbocycles. The lowest BCUT2D eigenvalue weighted by molar-refractivity contribution is 0.0932. The molecule has 0 bridgehead atoms. The second-order valence-corrected chi connectivity index (χ2v) is 7.37. The standard InChI is InChI=1S/C23H28N4O2/c1-16-6-8-18(9-7-16)22(26(2)3)15-24-23(28)21-14-20(25-27(21)4)17-10-12-19(29-5)13-11-17/h6-14,22H,15H2,1-5H3,(H,24,28). The molecule has 3 rings (SSSR count). The molecule has 1 atom stereocenters. The molecule has 0 fully saturated rings. The smallest absolute Gasteiger partial charge is 0.269 e. The van der Waals surface area contributed by atoms with Gasteiger partial charge in [0.2, 0.25) is 0 Å². The van der Waals surface area contributed by atoms with Crippen LogP contribution in [0.1, 0.15) is 27.7 Å². The lowest BCUT2D eigenvalue weighted by Crippen LogP contribution is -2.35. The molecule has 0 aliphatic heterocycles. The van der Waals surface area contributed by atoms with Crippen molar-refractivity contribution in [1.82, 2.24) is 20.0 Å². The molecule has 0 aliphatic rings. The SMILES string of the molecule is COc1ccc(-c2cc(C(=O)NCC(c3ccc(C)cc3)N(C)C)n(C)n2)cc1. The number of benzene rings is 2. The summed E-state index contributed by atoms with van der Waals surface area (Å²) in [5.74, 6) is 0.646. The first-order valence-electron chi connectivity index (χ1n) is 9.58. The summed E-state index contributed by atoms with van der Waals surface area (Å²) in [5.41, 5.74) is 4.60. The molecule has 1 aromatic heterocycles. The van der Waals surface area contributed by atoms with Crippen molar-refractivity contribution in [3.05, 3.63) is 71.4 Å². The lowest BCUT2D eigenvalue weighted by Gasteiger charge is -2.25. The predicted octanol–water partition coefficient (Wildman–Crippen LogP) is 3.44. The highest BCUT2D eigenvalue weighted by atomic mass is 16.5. The summed E-state index contributed by atoms with van der Waals surface area (Å²) in [5, 5.41) is 7.55. The van der Waals surface area contributed by atoms with Crippen LogP contribution in [0.25, 0.3) is 11.3 Å². The fourth-order valence-corrected chi connectivity index (χ4v) is 3.25. The average molecular weight is 393 g/mol. The number of carbonyl (C=O) groups is 1. The molecule has 0 spiro atoms. The van der Waals surface area contributed by atoms with Gasteiger partial charge in [-0.25, -0.2) is 0 Å². The molecular weight excluding hydrogens is 364 g/mol. The van der Waals surface area contributed by atoms with Crippen molar-refractivity contribution in [3.63, 3.8) is 0 Å². The number of nitrogens with one attached hydrogen (secondary N) is 1. The molecule has 6 nitrogen and oxygen atoms in total. The molecule has 2 aromatic carbocycles. The minimum Gasteiger partial charge on any atom is -0.497 e. The third kappa shape index (κ3) is 4.84. The number of likely N-dealkylation sites (N-methyl/N-ethyl adjacent to an activating group) is 1. The number of carbonyl (C=O) groups excluding carboxylic acids is 1. The highest BCUT2D eigenvalue weighted by molar-refractivity contribution is 5.93. The second kappa shape index (κ2) is 8.92. The molecule has 0 saturated heterocycles. The van der Waals surface area contributed by atoms with Gasteiger partial charge in [-0.05, 0) is 56.9 Å². The predicted molar refractivity (Wildman–Crippen MR) is 115 cm³/mol.